The molecule has 0 spiro atoms. The first-order valence-corrected chi connectivity index (χ1v) is 25.1. The van der Waals surface area contributed by atoms with E-state index in [2.05, 4.69) is 214 Å². The SMILES string of the molecule is CCC=CC=CC1=CC=C(c2nc(N3c4ccccc4C(C)(C)c4cc5c(cc43)[N+](C)(C3N=C4C=CCCC4C(C4=CCC(C6C=CC=CC6)C=C4)N3)c3ccccc3-5)nc3ccccc23)CC1. The van der Waals surface area contributed by atoms with Crippen molar-refractivity contribution in [1.82, 2.24) is 19.8 Å². The Labute approximate surface area is 402 Å². The molecule has 7 aliphatic rings. The molecule has 0 saturated heterocycles. The third-order valence-electron chi connectivity index (χ3n) is 16.0. The molecule has 12 rings (SSSR count). The number of para-hydroxylation sites is 3. The van der Waals surface area contributed by atoms with Gasteiger partial charge in [0.1, 0.15) is 5.69 Å². The fraction of sp³-hybridized carbons (Fsp3) is 0.274. The summed E-state index contributed by atoms with van der Waals surface area (Å²) in [6.07, 6.45) is 41.5. The second kappa shape index (κ2) is 17.1. The zero-order valence-corrected chi connectivity index (χ0v) is 39.8. The summed E-state index contributed by atoms with van der Waals surface area (Å²) in [5.41, 5.74) is 16.6. The number of hydrogen-bond donors (Lipinski definition) is 1. The molecule has 6 nitrogen and oxygen atoms in total. The molecule has 68 heavy (non-hydrogen) atoms. The van der Waals surface area contributed by atoms with Crippen LogP contribution in [0.4, 0.5) is 28.7 Å². The highest BCUT2D eigenvalue weighted by Crippen LogP contribution is 2.60. The van der Waals surface area contributed by atoms with E-state index in [1.54, 1.807) is 0 Å². The Morgan fingerprint density at radius 1 is 0.794 bits per heavy atom. The smallest absolute Gasteiger partial charge is 0.250 e. The van der Waals surface area contributed by atoms with Crippen molar-refractivity contribution < 1.29 is 0 Å². The standard InChI is InChI=1S/C62H61N6/c1-5-6-7-9-20-41-31-33-44(34-32-41)58-47-24-12-16-27-52(47)63-60(65-58)67-54-29-18-15-26-50(54)62(2,3)51-39-49-46-23-14-19-30-56(46)68(4,57(49)40-55(51)67)61-64-53-28-17-13-25-48(53)59(66-61)45-37-35-43(36-38-45)42-21-10-8-11-22-42/h6-12,14-21,23-24,26-31,33,35,37-40,42-43,48,59,61,66H,5,13,22,25,32,34,36H2,1-4H3/q+1. The molecule has 1 N–H and O–H groups in total. The number of nitrogens with one attached hydrogen (secondary N) is 1. The van der Waals surface area contributed by atoms with Crippen LogP contribution in [0.3, 0.4) is 0 Å². The zero-order valence-electron chi connectivity index (χ0n) is 39.8. The average molecular weight is 890 g/mol. The summed E-state index contributed by atoms with van der Waals surface area (Å²) in [5.74, 6) is 2.09. The van der Waals surface area contributed by atoms with E-state index in [1.807, 2.05) is 0 Å². The molecule has 3 aliphatic heterocycles. The minimum absolute atomic E-state index is 0.154. The maximum Gasteiger partial charge on any atom is 0.250 e. The predicted molar refractivity (Wildman–Crippen MR) is 285 cm³/mol. The Morgan fingerprint density at radius 3 is 2.49 bits per heavy atom. The molecule has 4 aromatic carbocycles. The second-order valence-electron chi connectivity index (χ2n) is 20.3. The molecule has 0 radical (unpaired) electrons. The number of benzene rings is 4. The molecule has 6 atom stereocenters. The third-order valence-corrected chi connectivity index (χ3v) is 16.0. The summed E-state index contributed by atoms with van der Waals surface area (Å²) >= 11 is 0. The molecule has 5 aromatic rings. The monoisotopic (exact) mass is 889 g/mol. The summed E-state index contributed by atoms with van der Waals surface area (Å²) in [6.45, 7) is 6.93. The van der Waals surface area contributed by atoms with Gasteiger partial charge < -0.3 is 0 Å². The summed E-state index contributed by atoms with van der Waals surface area (Å²) in [7, 11) is 2.39. The van der Waals surface area contributed by atoms with E-state index in [-0.39, 0.29) is 17.7 Å². The van der Waals surface area contributed by atoms with Gasteiger partial charge in [0.05, 0.1) is 29.6 Å². The van der Waals surface area contributed by atoms with Gasteiger partial charge in [-0.15, -0.1) is 0 Å². The van der Waals surface area contributed by atoms with Crippen molar-refractivity contribution in [3.05, 3.63) is 204 Å². The van der Waals surface area contributed by atoms with E-state index in [4.69, 9.17) is 15.0 Å². The lowest BCUT2D eigenvalue weighted by Crippen LogP contribution is -2.62. The molecular weight excluding hydrogens is 829 g/mol. The van der Waals surface area contributed by atoms with Gasteiger partial charge in [-0.05, 0) is 115 Å². The van der Waals surface area contributed by atoms with Crippen LogP contribution in [0.1, 0.15) is 82.5 Å². The zero-order chi connectivity index (χ0) is 46.0. The van der Waals surface area contributed by atoms with Crippen LogP contribution in [-0.4, -0.2) is 35.1 Å². The van der Waals surface area contributed by atoms with Gasteiger partial charge in [-0.25, -0.2) is 24.8 Å². The van der Waals surface area contributed by atoms with Crippen LogP contribution < -0.4 is 14.7 Å². The van der Waals surface area contributed by atoms with Gasteiger partial charge in [0.2, 0.25) is 5.95 Å². The Bertz CT molecular complexity index is 3180. The largest absolute Gasteiger partial charge is 0.278 e. The maximum absolute atomic E-state index is 5.74. The van der Waals surface area contributed by atoms with Crippen molar-refractivity contribution in [2.75, 3.05) is 11.9 Å². The first kappa shape index (κ1) is 42.6. The van der Waals surface area contributed by atoms with Crippen molar-refractivity contribution in [3.8, 4) is 11.1 Å². The Hall–Kier alpha value is -6.73. The summed E-state index contributed by atoms with van der Waals surface area (Å²) in [5, 5.41) is 5.35. The topological polar surface area (TPSA) is 53.4 Å². The van der Waals surface area contributed by atoms with Crippen molar-refractivity contribution in [2.24, 2.45) is 22.7 Å². The van der Waals surface area contributed by atoms with Crippen molar-refractivity contribution in [1.29, 1.82) is 0 Å². The Balaban J connectivity index is 0.999. The van der Waals surface area contributed by atoms with Gasteiger partial charge in [0.25, 0.3) is 6.29 Å². The van der Waals surface area contributed by atoms with Crippen LogP contribution >= 0.6 is 0 Å². The quantitative estimate of drug-likeness (QED) is 0.125. The maximum atomic E-state index is 5.74. The lowest BCUT2D eigenvalue weighted by molar-refractivity contribution is 0.246. The number of rotatable bonds is 8. The molecule has 338 valence electrons. The van der Waals surface area contributed by atoms with Gasteiger partial charge in [-0.3, -0.25) is 4.90 Å². The third kappa shape index (κ3) is 7.02. The molecule has 0 bridgehead atoms. The summed E-state index contributed by atoms with van der Waals surface area (Å²) in [6, 6.07) is 31.6. The number of allylic oxidation sites excluding steroid dienone is 16. The fourth-order valence-corrected chi connectivity index (χ4v) is 12.2. The Morgan fingerprint density at radius 2 is 1.65 bits per heavy atom. The summed E-state index contributed by atoms with van der Waals surface area (Å²) in [4.78, 5) is 19.2. The van der Waals surface area contributed by atoms with Crippen LogP contribution in [0.25, 0.3) is 27.6 Å². The normalized spacial score (nSPS) is 26.5. The van der Waals surface area contributed by atoms with Gasteiger partial charge >= 0.3 is 0 Å². The number of aromatic nitrogens is 2. The molecule has 6 unspecified atom stereocenters. The highest BCUT2D eigenvalue weighted by Gasteiger charge is 2.52. The molecule has 0 amide bonds. The van der Waals surface area contributed by atoms with Gasteiger partial charge in [0.15, 0.2) is 5.69 Å². The molecule has 4 aliphatic carbocycles. The van der Waals surface area contributed by atoms with E-state index in [0.29, 0.717) is 28.2 Å². The van der Waals surface area contributed by atoms with Gasteiger partial charge in [-0.1, -0.05) is 154 Å². The van der Waals surface area contributed by atoms with Crippen LogP contribution in [0.2, 0.25) is 0 Å². The summed E-state index contributed by atoms with van der Waals surface area (Å²) < 4.78 is 0.502. The number of hydrogen-bond acceptors (Lipinski definition) is 5. The number of quaternary nitrogens is 1. The molecule has 4 heterocycles. The van der Waals surface area contributed by atoms with Crippen LogP contribution in [0, 0.1) is 17.8 Å². The van der Waals surface area contributed by atoms with E-state index in [9.17, 15) is 0 Å². The first-order chi connectivity index (χ1) is 33.3. The van der Waals surface area contributed by atoms with Crippen LogP contribution in [0.5, 0.6) is 0 Å². The number of fused-ring (bicyclic) bond motifs is 7. The van der Waals surface area contributed by atoms with E-state index in [0.717, 1.165) is 72.9 Å². The average Bonchev–Trinajstić information content (AvgIpc) is 3.64. The lowest BCUT2D eigenvalue weighted by Gasteiger charge is -2.45. The number of nitrogens with zero attached hydrogens (tertiary/aromatic N) is 5. The highest BCUT2D eigenvalue weighted by molar-refractivity contribution is 6.02. The Kier molecular flexibility index (Phi) is 10.7. The molecule has 0 fully saturated rings. The van der Waals surface area contributed by atoms with Crippen LogP contribution in [-0.2, 0) is 5.41 Å². The molecule has 0 saturated carbocycles. The second-order valence-corrected chi connectivity index (χ2v) is 20.3. The van der Waals surface area contributed by atoms with E-state index >= 15 is 0 Å². The number of anilines is 3. The van der Waals surface area contributed by atoms with Gasteiger partial charge in [-0.2, -0.15) is 0 Å². The van der Waals surface area contributed by atoms with Crippen molar-refractivity contribution in [3.63, 3.8) is 0 Å². The van der Waals surface area contributed by atoms with Crippen molar-refractivity contribution in [2.45, 2.75) is 83.5 Å². The van der Waals surface area contributed by atoms with E-state index in [1.165, 1.54) is 56.1 Å². The highest BCUT2D eigenvalue weighted by atomic mass is 15.5. The van der Waals surface area contributed by atoms with Crippen molar-refractivity contribution >= 4 is 50.9 Å². The first-order valence-electron chi connectivity index (χ1n) is 25.1. The molecule has 6 heteroatoms. The number of aliphatic imine (C=N–C) groups is 1. The lowest BCUT2D eigenvalue weighted by atomic mass is 9.73. The van der Waals surface area contributed by atoms with E-state index < -0.39 is 0 Å². The van der Waals surface area contributed by atoms with Gasteiger partial charge in [0, 0.05) is 51.7 Å². The minimum Gasteiger partial charge on any atom is -0.278 e. The minimum atomic E-state index is -0.305. The molecular formula is C62H61N6+. The fourth-order valence-electron chi connectivity index (χ4n) is 12.2. The van der Waals surface area contributed by atoms with Crippen LogP contribution in [0.15, 0.2) is 192 Å². The predicted octanol–water partition coefficient (Wildman–Crippen LogP) is 14.9. The molecule has 1 aromatic heterocycles.